The van der Waals surface area contributed by atoms with Gasteiger partial charge in [0.15, 0.2) is 0 Å². The Bertz CT molecular complexity index is 958. The van der Waals surface area contributed by atoms with Crippen molar-refractivity contribution in [2.75, 3.05) is 6.54 Å². The molecule has 0 bridgehead atoms. The number of para-hydroxylation sites is 1. The lowest BCUT2D eigenvalue weighted by Gasteiger charge is -2.09. The highest BCUT2D eigenvalue weighted by atomic mass is 32.2. The summed E-state index contributed by atoms with van der Waals surface area (Å²) in [5.41, 5.74) is 2.54. The summed E-state index contributed by atoms with van der Waals surface area (Å²) in [6.07, 6.45) is 2.27. The first-order valence-corrected chi connectivity index (χ1v) is 9.30. The van der Waals surface area contributed by atoms with Gasteiger partial charge in [-0.15, -0.1) is 0 Å². The number of hydrogen-bond acceptors (Lipinski definition) is 4. The van der Waals surface area contributed by atoms with Crippen molar-refractivity contribution in [3.8, 4) is 0 Å². The minimum Gasteiger partial charge on any atom is -0.270 e. The zero-order valence-corrected chi connectivity index (χ0v) is 14.5. The molecule has 6 nitrogen and oxygen atoms in total. The lowest BCUT2D eigenvalue weighted by Crippen LogP contribution is -2.26. The van der Waals surface area contributed by atoms with E-state index in [1.54, 1.807) is 24.4 Å². The Balaban J connectivity index is 1.69. The predicted molar refractivity (Wildman–Crippen MR) is 93.2 cm³/mol. The molecule has 0 spiro atoms. The number of benzene rings is 1. The highest BCUT2D eigenvalue weighted by Gasteiger charge is 2.17. The Labute approximate surface area is 141 Å². The van der Waals surface area contributed by atoms with Crippen LogP contribution in [0.3, 0.4) is 0 Å². The monoisotopic (exact) mass is 344 g/mol. The summed E-state index contributed by atoms with van der Waals surface area (Å²) in [4.78, 5) is 4.42. The summed E-state index contributed by atoms with van der Waals surface area (Å²) in [7, 11) is -3.59. The number of hydrogen-bond donors (Lipinski definition) is 1. The predicted octanol–water partition coefficient (Wildman–Crippen LogP) is 2.42. The molecule has 3 aromatic rings. The van der Waals surface area contributed by atoms with Gasteiger partial charge in [-0.3, -0.25) is 9.67 Å². The Morgan fingerprint density at radius 1 is 1.17 bits per heavy atom. The van der Waals surface area contributed by atoms with Crippen LogP contribution in [0.2, 0.25) is 0 Å². The molecule has 0 saturated heterocycles. The summed E-state index contributed by atoms with van der Waals surface area (Å²) in [5.74, 6) is 0. The molecule has 0 fully saturated rings. The fraction of sp³-hybridized carbons (Fsp3) is 0.294. The molecule has 2 heterocycles. The minimum atomic E-state index is -3.59. The number of aromatic nitrogens is 3. The Morgan fingerprint density at radius 2 is 1.96 bits per heavy atom. The van der Waals surface area contributed by atoms with Crippen LogP contribution < -0.4 is 4.72 Å². The summed E-state index contributed by atoms with van der Waals surface area (Å²) in [6.45, 7) is 4.96. The third kappa shape index (κ3) is 3.47. The third-order valence-electron chi connectivity index (χ3n) is 3.83. The molecule has 0 aliphatic rings. The molecule has 0 radical (unpaired) electrons. The quantitative estimate of drug-likeness (QED) is 0.697. The summed E-state index contributed by atoms with van der Waals surface area (Å²) >= 11 is 0. The first-order chi connectivity index (χ1) is 11.5. The van der Waals surface area contributed by atoms with Gasteiger partial charge >= 0.3 is 0 Å². The minimum absolute atomic E-state index is 0.215. The molecular weight excluding hydrogens is 324 g/mol. The first-order valence-electron chi connectivity index (χ1n) is 7.82. The highest BCUT2D eigenvalue weighted by Crippen LogP contribution is 2.20. The molecule has 2 aromatic heterocycles. The summed E-state index contributed by atoms with van der Waals surface area (Å²) < 4.78 is 29.7. The molecule has 0 aliphatic carbocycles. The van der Waals surface area contributed by atoms with Crippen molar-refractivity contribution in [3.63, 3.8) is 0 Å². The van der Waals surface area contributed by atoms with Gasteiger partial charge < -0.3 is 0 Å². The van der Waals surface area contributed by atoms with Gasteiger partial charge in [-0.05, 0) is 38.5 Å². The van der Waals surface area contributed by atoms with E-state index in [-0.39, 0.29) is 4.90 Å². The molecule has 1 aromatic carbocycles. The fourth-order valence-corrected chi connectivity index (χ4v) is 3.96. The van der Waals surface area contributed by atoms with Crippen LogP contribution in [-0.2, 0) is 16.6 Å². The van der Waals surface area contributed by atoms with Gasteiger partial charge in [0.25, 0.3) is 0 Å². The maximum absolute atomic E-state index is 12.6. The van der Waals surface area contributed by atoms with Gasteiger partial charge in [0.05, 0.1) is 11.2 Å². The molecule has 126 valence electrons. The third-order valence-corrected chi connectivity index (χ3v) is 5.32. The topological polar surface area (TPSA) is 76.9 Å². The lowest BCUT2D eigenvalue weighted by molar-refractivity contribution is 0.544. The Kier molecular flexibility index (Phi) is 4.64. The van der Waals surface area contributed by atoms with Crippen molar-refractivity contribution in [2.24, 2.45) is 0 Å². The van der Waals surface area contributed by atoms with Crippen molar-refractivity contribution < 1.29 is 8.42 Å². The van der Waals surface area contributed by atoms with Gasteiger partial charge in [-0.2, -0.15) is 5.10 Å². The van der Waals surface area contributed by atoms with Gasteiger partial charge in [0.1, 0.15) is 4.90 Å². The van der Waals surface area contributed by atoms with Crippen LogP contribution in [0.4, 0.5) is 0 Å². The van der Waals surface area contributed by atoms with Crippen LogP contribution in [-0.4, -0.2) is 29.7 Å². The molecule has 0 unspecified atom stereocenters. The van der Waals surface area contributed by atoms with E-state index in [1.165, 1.54) is 0 Å². The van der Waals surface area contributed by atoms with E-state index in [9.17, 15) is 8.42 Å². The molecule has 24 heavy (non-hydrogen) atoms. The second-order valence-corrected chi connectivity index (χ2v) is 7.47. The lowest BCUT2D eigenvalue weighted by atomic mass is 10.2. The largest absolute Gasteiger partial charge is 0.270 e. The van der Waals surface area contributed by atoms with Crippen molar-refractivity contribution >= 4 is 20.9 Å². The number of nitrogens with one attached hydrogen (secondary N) is 1. The smallest absolute Gasteiger partial charge is 0.242 e. The Morgan fingerprint density at radius 3 is 2.71 bits per heavy atom. The van der Waals surface area contributed by atoms with Crippen molar-refractivity contribution in [3.05, 3.63) is 54.0 Å². The van der Waals surface area contributed by atoms with E-state index in [1.807, 2.05) is 36.7 Å². The van der Waals surface area contributed by atoms with Gasteiger partial charge in [0, 0.05) is 30.4 Å². The zero-order valence-electron chi connectivity index (χ0n) is 13.7. The van der Waals surface area contributed by atoms with Crippen LogP contribution >= 0.6 is 0 Å². The number of pyridine rings is 1. The summed E-state index contributed by atoms with van der Waals surface area (Å²) in [5, 5.41) is 5.18. The van der Waals surface area contributed by atoms with Crippen LogP contribution in [0.25, 0.3) is 10.9 Å². The van der Waals surface area contributed by atoms with E-state index in [4.69, 9.17) is 0 Å². The molecule has 0 aliphatic heterocycles. The van der Waals surface area contributed by atoms with Crippen molar-refractivity contribution in [1.29, 1.82) is 0 Å². The van der Waals surface area contributed by atoms with E-state index < -0.39 is 10.0 Å². The molecule has 1 N–H and O–H groups in total. The number of rotatable bonds is 6. The SMILES string of the molecule is Cc1cc(C)n(CCCNS(=O)(=O)c2cccc3cccnc23)n1. The van der Waals surface area contributed by atoms with Crippen molar-refractivity contribution in [1.82, 2.24) is 19.5 Å². The highest BCUT2D eigenvalue weighted by molar-refractivity contribution is 7.89. The Hall–Kier alpha value is -2.25. The normalized spacial score (nSPS) is 11.9. The average Bonchev–Trinajstić information content (AvgIpc) is 2.88. The van der Waals surface area contributed by atoms with Gasteiger partial charge in [0.2, 0.25) is 10.0 Å². The number of aryl methyl sites for hydroxylation is 3. The van der Waals surface area contributed by atoms with E-state index in [2.05, 4.69) is 14.8 Å². The first kappa shape index (κ1) is 16.6. The maximum Gasteiger partial charge on any atom is 0.242 e. The van der Waals surface area contributed by atoms with E-state index >= 15 is 0 Å². The molecule has 7 heteroatoms. The molecule has 0 saturated carbocycles. The standard InChI is InChI=1S/C17H20N4O2S/c1-13-12-14(2)21(20-13)11-5-10-19-24(22,23)16-8-3-6-15-7-4-9-18-17(15)16/h3-4,6-9,12,19H,5,10-11H2,1-2H3. The number of fused-ring (bicyclic) bond motifs is 1. The van der Waals surface area contributed by atoms with Crippen LogP contribution in [0.5, 0.6) is 0 Å². The second-order valence-electron chi connectivity index (χ2n) is 5.73. The average molecular weight is 344 g/mol. The van der Waals surface area contributed by atoms with Gasteiger partial charge in [-0.25, -0.2) is 13.1 Å². The number of sulfonamides is 1. The van der Waals surface area contributed by atoms with E-state index in [0.29, 0.717) is 25.0 Å². The van der Waals surface area contributed by atoms with Gasteiger partial charge in [-0.1, -0.05) is 18.2 Å². The molecule has 0 amide bonds. The fourth-order valence-electron chi connectivity index (χ4n) is 2.71. The molecular formula is C17H20N4O2S. The van der Waals surface area contributed by atoms with Crippen LogP contribution in [0.1, 0.15) is 17.8 Å². The van der Waals surface area contributed by atoms with Crippen LogP contribution in [0, 0.1) is 13.8 Å². The number of nitrogens with zero attached hydrogens (tertiary/aromatic N) is 3. The van der Waals surface area contributed by atoms with Crippen LogP contribution in [0.15, 0.2) is 47.5 Å². The summed E-state index contributed by atoms with van der Waals surface area (Å²) in [6, 6.07) is 10.8. The zero-order chi connectivity index (χ0) is 17.2. The second kappa shape index (κ2) is 6.70. The van der Waals surface area contributed by atoms with Crippen molar-refractivity contribution in [2.45, 2.75) is 31.7 Å². The maximum atomic E-state index is 12.6. The van der Waals surface area contributed by atoms with E-state index in [0.717, 1.165) is 16.8 Å². The molecule has 3 rings (SSSR count). The molecule has 0 atom stereocenters.